The molecule has 1 saturated heterocycles. The summed E-state index contributed by atoms with van der Waals surface area (Å²) in [5, 5.41) is 18.7. The molecule has 0 saturated carbocycles. The monoisotopic (exact) mass is 367 g/mol. The van der Waals surface area contributed by atoms with Gasteiger partial charge in [0.25, 0.3) is 11.5 Å². The van der Waals surface area contributed by atoms with Crippen molar-refractivity contribution in [2.24, 2.45) is 7.05 Å². The number of amides is 1. The van der Waals surface area contributed by atoms with Gasteiger partial charge in [0.2, 0.25) is 0 Å². The second-order valence-corrected chi connectivity index (χ2v) is 6.86. The first-order valence-electron chi connectivity index (χ1n) is 8.99. The number of aliphatic hydroxyl groups is 1. The van der Waals surface area contributed by atoms with Crippen LogP contribution in [0.3, 0.4) is 0 Å². The molecule has 1 aliphatic heterocycles. The minimum absolute atomic E-state index is 0.0644. The number of piperidine rings is 1. The smallest absolute Gasteiger partial charge is 0.255 e. The molecule has 4 rings (SSSR count). The van der Waals surface area contributed by atoms with Crippen LogP contribution in [0.4, 0.5) is 0 Å². The lowest BCUT2D eigenvalue weighted by atomic mass is 9.96. The highest BCUT2D eigenvalue weighted by molar-refractivity contribution is 6.06. The first kappa shape index (κ1) is 17.4. The summed E-state index contributed by atoms with van der Waals surface area (Å²) in [7, 11) is 1.83. The molecule has 140 valence electrons. The van der Waals surface area contributed by atoms with E-state index in [9.17, 15) is 14.7 Å². The molecule has 1 amide bonds. The van der Waals surface area contributed by atoms with Crippen molar-refractivity contribution in [3.8, 4) is 0 Å². The Morgan fingerprint density at radius 1 is 1.30 bits per heavy atom. The van der Waals surface area contributed by atoms with Crippen molar-refractivity contribution < 1.29 is 9.90 Å². The number of carbonyl (C=O) groups is 1. The predicted molar refractivity (Wildman–Crippen MR) is 99.4 cm³/mol. The van der Waals surface area contributed by atoms with Gasteiger partial charge >= 0.3 is 0 Å². The first-order valence-corrected chi connectivity index (χ1v) is 8.99. The van der Waals surface area contributed by atoms with E-state index in [4.69, 9.17) is 0 Å². The molecule has 3 aromatic rings. The molecule has 0 radical (unpaired) electrons. The molecular formula is C19H21N5O3. The van der Waals surface area contributed by atoms with E-state index in [2.05, 4.69) is 15.2 Å². The summed E-state index contributed by atoms with van der Waals surface area (Å²) in [6.07, 6.45) is 3.27. The van der Waals surface area contributed by atoms with Gasteiger partial charge in [0, 0.05) is 43.0 Å². The van der Waals surface area contributed by atoms with Crippen molar-refractivity contribution in [3.63, 3.8) is 0 Å². The van der Waals surface area contributed by atoms with Crippen molar-refractivity contribution >= 4 is 16.7 Å². The zero-order chi connectivity index (χ0) is 19.0. The SMILES string of the molecule is Cn1c(CO)nnc1[C@H]1CCCN(C(=O)c2c[nH]c(=O)c3ccccc23)C1. The highest BCUT2D eigenvalue weighted by atomic mass is 16.3. The first-order chi connectivity index (χ1) is 13.1. The summed E-state index contributed by atoms with van der Waals surface area (Å²) in [5.41, 5.74) is 0.300. The largest absolute Gasteiger partial charge is 0.388 e. The Bertz CT molecular complexity index is 1050. The van der Waals surface area contributed by atoms with E-state index in [-0.39, 0.29) is 24.0 Å². The number of aliphatic hydroxyl groups excluding tert-OH is 1. The molecule has 2 N–H and O–H groups in total. The molecule has 8 nitrogen and oxygen atoms in total. The van der Waals surface area contributed by atoms with Crippen LogP contribution in [0.5, 0.6) is 0 Å². The van der Waals surface area contributed by atoms with E-state index in [1.54, 1.807) is 22.8 Å². The third kappa shape index (κ3) is 3.02. The van der Waals surface area contributed by atoms with Crippen molar-refractivity contribution in [3.05, 3.63) is 58.0 Å². The van der Waals surface area contributed by atoms with Crippen LogP contribution in [0.2, 0.25) is 0 Å². The number of aromatic nitrogens is 4. The van der Waals surface area contributed by atoms with E-state index in [0.29, 0.717) is 35.2 Å². The van der Waals surface area contributed by atoms with E-state index < -0.39 is 0 Å². The Kier molecular flexibility index (Phi) is 4.49. The molecular weight excluding hydrogens is 346 g/mol. The molecule has 1 aromatic carbocycles. The highest BCUT2D eigenvalue weighted by Gasteiger charge is 2.29. The summed E-state index contributed by atoms with van der Waals surface area (Å²) >= 11 is 0. The fraction of sp³-hybridized carbons (Fsp3) is 0.368. The van der Waals surface area contributed by atoms with Crippen molar-refractivity contribution in [2.45, 2.75) is 25.4 Å². The second kappa shape index (κ2) is 6.96. The Labute approximate surface area is 155 Å². The van der Waals surface area contributed by atoms with E-state index >= 15 is 0 Å². The van der Waals surface area contributed by atoms with Crippen LogP contribution in [-0.4, -0.2) is 48.8 Å². The minimum atomic E-state index is -0.200. The molecule has 1 atom stereocenters. The van der Waals surface area contributed by atoms with Gasteiger partial charge in [-0.3, -0.25) is 9.59 Å². The standard InChI is InChI=1S/C19H21N5O3/c1-23-16(11-25)21-22-17(23)12-5-4-8-24(10-12)19(27)15-9-20-18(26)14-7-3-2-6-13(14)15/h2-3,6-7,9,12,25H,4-5,8,10-11H2,1H3,(H,20,26)/t12-/m0/s1. The fourth-order valence-electron chi connectivity index (χ4n) is 3.80. The van der Waals surface area contributed by atoms with Gasteiger partial charge in [0.15, 0.2) is 5.82 Å². The van der Waals surface area contributed by atoms with Gasteiger partial charge in [-0.2, -0.15) is 0 Å². The number of hydrogen-bond donors (Lipinski definition) is 2. The van der Waals surface area contributed by atoms with Crippen LogP contribution in [0.15, 0.2) is 35.3 Å². The van der Waals surface area contributed by atoms with Gasteiger partial charge in [0.1, 0.15) is 12.4 Å². The topological polar surface area (TPSA) is 104 Å². The van der Waals surface area contributed by atoms with Crippen LogP contribution in [-0.2, 0) is 13.7 Å². The van der Waals surface area contributed by atoms with Gasteiger partial charge in [-0.1, -0.05) is 18.2 Å². The van der Waals surface area contributed by atoms with Crippen molar-refractivity contribution in [1.82, 2.24) is 24.6 Å². The summed E-state index contributed by atoms with van der Waals surface area (Å²) < 4.78 is 1.80. The fourth-order valence-corrected chi connectivity index (χ4v) is 3.80. The summed E-state index contributed by atoms with van der Waals surface area (Å²) in [4.78, 5) is 29.7. The maximum Gasteiger partial charge on any atom is 0.255 e. The number of pyridine rings is 1. The van der Waals surface area contributed by atoms with Crippen LogP contribution in [0.25, 0.3) is 10.8 Å². The number of rotatable bonds is 3. The van der Waals surface area contributed by atoms with Gasteiger partial charge in [-0.15, -0.1) is 10.2 Å². The molecule has 0 aliphatic carbocycles. The molecule has 0 unspecified atom stereocenters. The number of fused-ring (bicyclic) bond motifs is 1. The molecule has 2 aromatic heterocycles. The quantitative estimate of drug-likeness (QED) is 0.723. The number of benzene rings is 1. The van der Waals surface area contributed by atoms with Gasteiger partial charge in [0.05, 0.1) is 5.56 Å². The zero-order valence-electron chi connectivity index (χ0n) is 15.1. The van der Waals surface area contributed by atoms with Crippen LogP contribution < -0.4 is 5.56 Å². The summed E-state index contributed by atoms with van der Waals surface area (Å²) in [6.45, 7) is 1.03. The summed E-state index contributed by atoms with van der Waals surface area (Å²) in [5.74, 6) is 1.26. The molecule has 0 spiro atoms. The average Bonchev–Trinajstić information content (AvgIpc) is 3.08. The number of H-pyrrole nitrogens is 1. The van der Waals surface area contributed by atoms with E-state index in [1.807, 2.05) is 18.0 Å². The number of likely N-dealkylation sites (tertiary alicyclic amines) is 1. The lowest BCUT2D eigenvalue weighted by Gasteiger charge is -2.32. The predicted octanol–water partition coefficient (Wildman–Crippen LogP) is 1.17. The number of nitrogens with one attached hydrogen (secondary N) is 1. The summed E-state index contributed by atoms with van der Waals surface area (Å²) in [6, 6.07) is 7.14. The second-order valence-electron chi connectivity index (χ2n) is 6.86. The van der Waals surface area contributed by atoms with E-state index in [0.717, 1.165) is 18.7 Å². The minimum Gasteiger partial charge on any atom is -0.388 e. The van der Waals surface area contributed by atoms with Crippen molar-refractivity contribution in [2.75, 3.05) is 13.1 Å². The molecule has 1 fully saturated rings. The lowest BCUT2D eigenvalue weighted by Crippen LogP contribution is -2.40. The number of hydrogen-bond acceptors (Lipinski definition) is 5. The van der Waals surface area contributed by atoms with Crippen LogP contribution in [0, 0.1) is 0 Å². The van der Waals surface area contributed by atoms with Crippen LogP contribution in [0.1, 0.15) is 40.8 Å². The van der Waals surface area contributed by atoms with Crippen LogP contribution >= 0.6 is 0 Å². The Hall–Kier alpha value is -3.00. The molecule has 27 heavy (non-hydrogen) atoms. The van der Waals surface area contributed by atoms with Crippen molar-refractivity contribution in [1.29, 1.82) is 0 Å². The molecule has 0 bridgehead atoms. The number of nitrogens with zero attached hydrogens (tertiary/aromatic N) is 4. The lowest BCUT2D eigenvalue weighted by molar-refractivity contribution is 0.0705. The number of aromatic amines is 1. The average molecular weight is 367 g/mol. The third-order valence-electron chi connectivity index (χ3n) is 5.25. The number of carbonyl (C=O) groups excluding carboxylic acids is 1. The molecule has 3 heterocycles. The maximum atomic E-state index is 13.2. The van der Waals surface area contributed by atoms with Gasteiger partial charge < -0.3 is 19.6 Å². The zero-order valence-corrected chi connectivity index (χ0v) is 15.1. The van der Waals surface area contributed by atoms with E-state index in [1.165, 1.54) is 6.20 Å². The molecule has 8 heteroatoms. The molecule has 1 aliphatic rings. The normalized spacial score (nSPS) is 17.4. The Balaban J connectivity index is 1.64. The van der Waals surface area contributed by atoms with Gasteiger partial charge in [-0.25, -0.2) is 0 Å². The van der Waals surface area contributed by atoms with Gasteiger partial charge in [-0.05, 0) is 18.9 Å². The maximum absolute atomic E-state index is 13.2. The third-order valence-corrected chi connectivity index (χ3v) is 5.25. The Morgan fingerprint density at radius 3 is 2.81 bits per heavy atom. The Morgan fingerprint density at radius 2 is 2.07 bits per heavy atom. The highest BCUT2D eigenvalue weighted by Crippen LogP contribution is 2.27.